The van der Waals surface area contributed by atoms with Gasteiger partial charge in [-0.25, -0.2) is 0 Å². The van der Waals surface area contributed by atoms with Crippen molar-refractivity contribution in [2.45, 2.75) is 64.5 Å². The number of hydrogen-bond acceptors (Lipinski definition) is 3. The lowest BCUT2D eigenvalue weighted by molar-refractivity contribution is 0.0648. The van der Waals surface area contributed by atoms with Gasteiger partial charge in [-0.15, -0.1) is 0 Å². The van der Waals surface area contributed by atoms with Crippen LogP contribution >= 0.6 is 0 Å². The second-order valence-corrected chi connectivity index (χ2v) is 6.51. The lowest BCUT2D eigenvalue weighted by Crippen LogP contribution is -2.40. The zero-order valence-corrected chi connectivity index (χ0v) is 13.9. The third kappa shape index (κ3) is 4.13. The number of ether oxygens (including phenoxy) is 2. The van der Waals surface area contributed by atoms with Crippen LogP contribution in [0.4, 0.5) is 0 Å². The van der Waals surface area contributed by atoms with E-state index >= 15 is 0 Å². The van der Waals surface area contributed by atoms with Crippen molar-refractivity contribution in [1.82, 2.24) is 5.32 Å². The normalized spacial score (nSPS) is 19.7. The number of benzene rings is 1. The molecule has 1 aliphatic rings. The highest BCUT2D eigenvalue weighted by atomic mass is 16.5. The summed E-state index contributed by atoms with van der Waals surface area (Å²) in [6, 6.07) is 6.37. The predicted octanol–water partition coefficient (Wildman–Crippen LogP) is 4.47. The number of unbranched alkanes of at least 4 members (excludes halogenated alkanes) is 3. The third-order valence-electron chi connectivity index (χ3n) is 4.10. The molecule has 3 heteroatoms. The molecule has 1 aliphatic heterocycles. The van der Waals surface area contributed by atoms with E-state index in [4.69, 9.17) is 9.47 Å². The highest BCUT2D eigenvalue weighted by Crippen LogP contribution is 2.44. The number of hydrogen-bond donors (Lipinski definition) is 1. The topological polar surface area (TPSA) is 30.5 Å². The van der Waals surface area contributed by atoms with Crippen LogP contribution in [0.2, 0.25) is 0 Å². The van der Waals surface area contributed by atoms with Crippen molar-refractivity contribution in [1.29, 1.82) is 0 Å². The maximum atomic E-state index is 6.12. The second-order valence-electron chi connectivity index (χ2n) is 6.51. The minimum absolute atomic E-state index is 0.138. The molecule has 0 bridgehead atoms. The van der Waals surface area contributed by atoms with E-state index in [1.807, 2.05) is 18.2 Å². The van der Waals surface area contributed by atoms with Gasteiger partial charge in [-0.05, 0) is 38.9 Å². The Hall–Kier alpha value is -1.22. The molecule has 0 radical (unpaired) electrons. The highest BCUT2D eigenvalue weighted by Gasteiger charge is 2.35. The summed E-state index contributed by atoms with van der Waals surface area (Å²) in [6.45, 7) is 7.61. The van der Waals surface area contributed by atoms with Gasteiger partial charge in [0.05, 0.1) is 12.7 Å². The Morgan fingerprint density at radius 2 is 2.10 bits per heavy atom. The van der Waals surface area contributed by atoms with Crippen molar-refractivity contribution in [2.24, 2.45) is 0 Å². The molecule has 0 saturated heterocycles. The van der Waals surface area contributed by atoms with Gasteiger partial charge in [-0.2, -0.15) is 0 Å². The first-order chi connectivity index (χ1) is 10.1. The standard InChI is InChI=1S/C18H29NO2/c1-5-6-7-8-12-19-14-13-18(2,3)21-16-11-9-10-15(20-4)17(14)16/h9-11,14,19H,5-8,12-13H2,1-4H3. The van der Waals surface area contributed by atoms with Gasteiger partial charge in [0.25, 0.3) is 0 Å². The summed E-state index contributed by atoms with van der Waals surface area (Å²) in [6.07, 6.45) is 6.10. The zero-order chi connectivity index (χ0) is 15.3. The van der Waals surface area contributed by atoms with Gasteiger partial charge < -0.3 is 14.8 Å². The van der Waals surface area contributed by atoms with Gasteiger partial charge in [-0.1, -0.05) is 32.3 Å². The Morgan fingerprint density at radius 3 is 2.81 bits per heavy atom. The van der Waals surface area contributed by atoms with Crippen molar-refractivity contribution in [3.63, 3.8) is 0 Å². The molecule has 2 rings (SSSR count). The van der Waals surface area contributed by atoms with Crippen LogP contribution in [0.5, 0.6) is 11.5 Å². The predicted molar refractivity (Wildman–Crippen MR) is 87.2 cm³/mol. The van der Waals surface area contributed by atoms with E-state index in [-0.39, 0.29) is 5.60 Å². The van der Waals surface area contributed by atoms with Crippen LogP contribution in [0.3, 0.4) is 0 Å². The van der Waals surface area contributed by atoms with Gasteiger partial charge in [0.15, 0.2) is 0 Å². The van der Waals surface area contributed by atoms with E-state index in [0.717, 1.165) is 24.5 Å². The molecule has 0 amide bonds. The maximum Gasteiger partial charge on any atom is 0.128 e. The Bertz CT molecular complexity index is 457. The highest BCUT2D eigenvalue weighted by molar-refractivity contribution is 5.48. The number of fused-ring (bicyclic) bond motifs is 1. The summed E-state index contributed by atoms with van der Waals surface area (Å²) in [5.41, 5.74) is 1.04. The quantitative estimate of drug-likeness (QED) is 0.752. The molecule has 3 nitrogen and oxygen atoms in total. The molecule has 1 heterocycles. The van der Waals surface area contributed by atoms with Crippen LogP contribution in [0.1, 0.15) is 64.5 Å². The molecule has 0 fully saturated rings. The van der Waals surface area contributed by atoms with Crippen LogP contribution in [0, 0.1) is 0 Å². The summed E-state index contributed by atoms with van der Waals surface area (Å²) < 4.78 is 11.7. The van der Waals surface area contributed by atoms with E-state index in [2.05, 4.69) is 26.1 Å². The summed E-state index contributed by atoms with van der Waals surface area (Å²) in [5, 5.41) is 3.71. The van der Waals surface area contributed by atoms with Gasteiger partial charge in [0.2, 0.25) is 0 Å². The Kier molecular flexibility index (Phi) is 5.51. The van der Waals surface area contributed by atoms with Crippen LogP contribution in [-0.2, 0) is 0 Å². The second kappa shape index (κ2) is 7.17. The monoisotopic (exact) mass is 291 g/mol. The SMILES string of the molecule is CCCCCCNC1CC(C)(C)Oc2cccc(OC)c21. The molecule has 1 unspecified atom stereocenters. The van der Waals surface area contributed by atoms with Gasteiger partial charge in [0.1, 0.15) is 17.1 Å². The number of nitrogens with one attached hydrogen (secondary N) is 1. The summed E-state index contributed by atoms with van der Waals surface area (Å²) in [5.74, 6) is 1.88. The van der Waals surface area contributed by atoms with E-state index in [9.17, 15) is 0 Å². The van der Waals surface area contributed by atoms with Crippen molar-refractivity contribution < 1.29 is 9.47 Å². The summed E-state index contributed by atoms with van der Waals surface area (Å²) in [4.78, 5) is 0. The number of rotatable bonds is 7. The van der Waals surface area contributed by atoms with Crippen molar-refractivity contribution in [2.75, 3.05) is 13.7 Å². The van der Waals surface area contributed by atoms with E-state index < -0.39 is 0 Å². The number of methoxy groups -OCH3 is 1. The van der Waals surface area contributed by atoms with Crippen LogP contribution < -0.4 is 14.8 Å². The lowest BCUT2D eigenvalue weighted by Gasteiger charge is -2.38. The Balaban J connectivity index is 2.10. The Labute approximate surface area is 129 Å². The van der Waals surface area contributed by atoms with Crippen LogP contribution in [0.25, 0.3) is 0 Å². The van der Waals surface area contributed by atoms with Crippen molar-refractivity contribution >= 4 is 0 Å². The van der Waals surface area contributed by atoms with E-state index in [0.29, 0.717) is 6.04 Å². The fourth-order valence-electron chi connectivity index (χ4n) is 3.07. The largest absolute Gasteiger partial charge is 0.496 e. The molecular weight excluding hydrogens is 262 g/mol. The molecule has 0 aromatic heterocycles. The average molecular weight is 291 g/mol. The zero-order valence-electron chi connectivity index (χ0n) is 13.9. The average Bonchev–Trinajstić information content (AvgIpc) is 2.44. The summed E-state index contributed by atoms with van der Waals surface area (Å²) >= 11 is 0. The van der Waals surface area contributed by atoms with Crippen molar-refractivity contribution in [3.8, 4) is 11.5 Å². The molecule has 0 spiro atoms. The first kappa shape index (κ1) is 16.2. The molecule has 1 N–H and O–H groups in total. The fourth-order valence-corrected chi connectivity index (χ4v) is 3.07. The van der Waals surface area contributed by atoms with Gasteiger partial charge in [0, 0.05) is 12.5 Å². The molecule has 21 heavy (non-hydrogen) atoms. The van der Waals surface area contributed by atoms with E-state index in [1.165, 1.54) is 31.2 Å². The van der Waals surface area contributed by atoms with Crippen molar-refractivity contribution in [3.05, 3.63) is 23.8 Å². The molecule has 1 aromatic carbocycles. The maximum absolute atomic E-state index is 6.12. The first-order valence-corrected chi connectivity index (χ1v) is 8.16. The van der Waals surface area contributed by atoms with Crippen LogP contribution in [-0.4, -0.2) is 19.3 Å². The van der Waals surface area contributed by atoms with Gasteiger partial charge in [-0.3, -0.25) is 0 Å². The molecule has 1 aromatic rings. The molecule has 1 atom stereocenters. The molecular formula is C18H29NO2. The van der Waals surface area contributed by atoms with Gasteiger partial charge >= 0.3 is 0 Å². The molecule has 0 aliphatic carbocycles. The third-order valence-corrected chi connectivity index (χ3v) is 4.10. The Morgan fingerprint density at radius 1 is 1.29 bits per heavy atom. The fraction of sp³-hybridized carbons (Fsp3) is 0.667. The summed E-state index contributed by atoms with van der Waals surface area (Å²) in [7, 11) is 1.73. The first-order valence-electron chi connectivity index (χ1n) is 8.16. The molecule has 118 valence electrons. The minimum Gasteiger partial charge on any atom is -0.496 e. The molecule has 0 saturated carbocycles. The van der Waals surface area contributed by atoms with E-state index in [1.54, 1.807) is 7.11 Å². The smallest absolute Gasteiger partial charge is 0.128 e. The lowest BCUT2D eigenvalue weighted by atomic mass is 9.89. The minimum atomic E-state index is -0.138. The van der Waals surface area contributed by atoms with Crippen LogP contribution in [0.15, 0.2) is 18.2 Å².